The normalized spacial score (nSPS) is 11.6. The van der Waals surface area contributed by atoms with Gasteiger partial charge in [-0.05, 0) is 18.2 Å². The molecule has 13 heteroatoms. The molecule has 1 aromatic carbocycles. The first-order valence-corrected chi connectivity index (χ1v) is 8.42. The fourth-order valence-corrected chi connectivity index (χ4v) is 2.89. The van der Waals surface area contributed by atoms with Gasteiger partial charge in [-0.15, -0.1) is 10.2 Å². The number of pyridine rings is 1. The van der Waals surface area contributed by atoms with Crippen molar-refractivity contribution in [3.8, 4) is 0 Å². The maximum Gasteiger partial charge on any atom is 0.417 e. The summed E-state index contributed by atoms with van der Waals surface area (Å²) in [5, 5.41) is 20.3. The molecule has 0 unspecified atom stereocenters. The first-order chi connectivity index (χ1) is 13.1. The number of alkyl halides is 3. The van der Waals surface area contributed by atoms with Gasteiger partial charge in [-0.25, -0.2) is 4.39 Å². The van der Waals surface area contributed by atoms with Gasteiger partial charge in [-0.1, -0.05) is 11.8 Å². The minimum Gasteiger partial charge on any atom is -0.323 e. The van der Waals surface area contributed by atoms with E-state index >= 15 is 0 Å². The van der Waals surface area contributed by atoms with E-state index in [1.54, 1.807) is 0 Å². The summed E-state index contributed by atoms with van der Waals surface area (Å²) in [6.45, 7) is 0. The lowest BCUT2D eigenvalue weighted by Gasteiger charge is -2.08. The molecule has 0 saturated heterocycles. The van der Waals surface area contributed by atoms with E-state index in [0.717, 1.165) is 52.7 Å². The number of anilines is 1. The summed E-state index contributed by atoms with van der Waals surface area (Å²) in [5.41, 5.74) is -1.55. The molecule has 0 fully saturated rings. The first kappa shape index (κ1) is 19.5. The van der Waals surface area contributed by atoms with Crippen LogP contribution >= 0.6 is 11.8 Å². The number of nitrogens with one attached hydrogen (secondary N) is 1. The summed E-state index contributed by atoms with van der Waals surface area (Å²) in [7, 11) is 0. The van der Waals surface area contributed by atoms with E-state index in [1.165, 1.54) is 0 Å². The van der Waals surface area contributed by atoms with Crippen LogP contribution in [0.2, 0.25) is 0 Å². The predicted molar refractivity (Wildman–Crippen MR) is 90.4 cm³/mol. The molecule has 0 atom stereocenters. The summed E-state index contributed by atoms with van der Waals surface area (Å²) < 4.78 is 53.3. The van der Waals surface area contributed by atoms with E-state index in [2.05, 4.69) is 15.5 Å². The van der Waals surface area contributed by atoms with Crippen LogP contribution in [-0.4, -0.2) is 31.2 Å². The highest BCUT2D eigenvalue weighted by Crippen LogP contribution is 2.30. The lowest BCUT2D eigenvalue weighted by Crippen LogP contribution is -2.15. The molecule has 0 radical (unpaired) electrons. The smallest absolute Gasteiger partial charge is 0.323 e. The number of aromatic nitrogens is 3. The maximum absolute atomic E-state index is 13.7. The summed E-state index contributed by atoms with van der Waals surface area (Å²) in [5.74, 6) is -1.93. The van der Waals surface area contributed by atoms with Crippen molar-refractivity contribution in [1.82, 2.24) is 14.6 Å². The summed E-state index contributed by atoms with van der Waals surface area (Å²) in [6, 6.07) is 4.64. The standard InChI is InChI=1S/C15H9F4N5O3S/c16-10-3-2-9(24(26)27)5-11(10)20-13(25)7-28-14-22-21-12-4-1-8(6-23(12)14)15(17,18)19/h1-6H,7H2,(H,20,25). The van der Waals surface area contributed by atoms with Crippen LogP contribution < -0.4 is 5.32 Å². The van der Waals surface area contributed by atoms with Crippen molar-refractivity contribution < 1.29 is 27.3 Å². The Morgan fingerprint density at radius 2 is 2.00 bits per heavy atom. The number of thioether (sulfide) groups is 1. The van der Waals surface area contributed by atoms with Gasteiger partial charge in [-0.3, -0.25) is 19.3 Å². The fraction of sp³-hybridized carbons (Fsp3) is 0.133. The largest absolute Gasteiger partial charge is 0.417 e. The SMILES string of the molecule is O=C(CSc1nnc2ccc(C(F)(F)F)cn12)Nc1cc([N+](=O)[O-])ccc1F. The van der Waals surface area contributed by atoms with Crippen LogP contribution in [0.15, 0.2) is 41.7 Å². The summed E-state index contributed by atoms with van der Waals surface area (Å²) >= 11 is 0.773. The number of nitro groups is 1. The zero-order valence-corrected chi connectivity index (χ0v) is 14.4. The molecular weight excluding hydrogens is 406 g/mol. The van der Waals surface area contributed by atoms with E-state index in [-0.39, 0.29) is 22.2 Å². The second-order valence-electron chi connectivity index (χ2n) is 5.38. The number of halogens is 4. The third-order valence-corrected chi connectivity index (χ3v) is 4.41. The number of benzene rings is 1. The molecule has 146 valence electrons. The third-order valence-electron chi connectivity index (χ3n) is 3.47. The van der Waals surface area contributed by atoms with Crippen LogP contribution in [0, 0.1) is 15.9 Å². The highest BCUT2D eigenvalue weighted by atomic mass is 32.2. The predicted octanol–water partition coefficient (Wildman–Crippen LogP) is 3.53. The van der Waals surface area contributed by atoms with Crippen LogP contribution in [-0.2, 0) is 11.0 Å². The van der Waals surface area contributed by atoms with E-state index in [1.807, 2.05) is 0 Å². The average Bonchev–Trinajstić information content (AvgIpc) is 3.03. The van der Waals surface area contributed by atoms with Crippen LogP contribution in [0.25, 0.3) is 5.65 Å². The Bertz CT molecular complexity index is 1070. The van der Waals surface area contributed by atoms with Crippen molar-refractivity contribution in [3.05, 3.63) is 58.0 Å². The second-order valence-corrected chi connectivity index (χ2v) is 6.33. The monoisotopic (exact) mass is 415 g/mol. The molecule has 8 nitrogen and oxygen atoms in total. The molecule has 2 aromatic heterocycles. The molecule has 1 N–H and O–H groups in total. The van der Waals surface area contributed by atoms with Gasteiger partial charge in [0, 0.05) is 18.3 Å². The zero-order chi connectivity index (χ0) is 20.5. The number of non-ortho nitro benzene ring substituents is 1. The van der Waals surface area contributed by atoms with Gasteiger partial charge in [0.2, 0.25) is 5.91 Å². The number of carbonyl (C=O) groups excluding carboxylic acids is 1. The number of amides is 1. The zero-order valence-electron chi connectivity index (χ0n) is 13.6. The summed E-state index contributed by atoms with van der Waals surface area (Å²) in [4.78, 5) is 22.0. The molecular formula is C15H9F4N5O3S. The molecule has 0 aliphatic carbocycles. The van der Waals surface area contributed by atoms with Gasteiger partial charge >= 0.3 is 6.18 Å². The number of fused-ring (bicyclic) bond motifs is 1. The molecule has 28 heavy (non-hydrogen) atoms. The highest BCUT2D eigenvalue weighted by molar-refractivity contribution is 7.99. The Morgan fingerprint density at radius 1 is 1.25 bits per heavy atom. The van der Waals surface area contributed by atoms with E-state index < -0.39 is 34.1 Å². The topological polar surface area (TPSA) is 102 Å². The number of carbonyl (C=O) groups is 1. The number of nitrogens with zero attached hydrogens (tertiary/aromatic N) is 4. The first-order valence-electron chi connectivity index (χ1n) is 7.44. The average molecular weight is 415 g/mol. The maximum atomic E-state index is 13.7. The van der Waals surface area contributed by atoms with E-state index in [4.69, 9.17) is 0 Å². The fourth-order valence-electron chi connectivity index (χ4n) is 2.17. The lowest BCUT2D eigenvalue weighted by atomic mass is 10.2. The second kappa shape index (κ2) is 7.42. The van der Waals surface area contributed by atoms with E-state index in [0.29, 0.717) is 0 Å². The van der Waals surface area contributed by atoms with Crippen LogP contribution in [0.1, 0.15) is 5.56 Å². The van der Waals surface area contributed by atoms with Crippen LogP contribution in [0.4, 0.5) is 28.9 Å². The molecule has 0 spiro atoms. The van der Waals surface area contributed by atoms with Crippen molar-refractivity contribution in [1.29, 1.82) is 0 Å². The highest BCUT2D eigenvalue weighted by Gasteiger charge is 2.31. The Balaban J connectivity index is 1.73. The van der Waals surface area contributed by atoms with Gasteiger partial charge in [0.15, 0.2) is 10.8 Å². The van der Waals surface area contributed by atoms with Crippen molar-refractivity contribution in [3.63, 3.8) is 0 Å². The molecule has 1 amide bonds. The summed E-state index contributed by atoms with van der Waals surface area (Å²) in [6.07, 6.45) is -3.76. The molecule has 3 aromatic rings. The molecule has 0 saturated carbocycles. The van der Waals surface area contributed by atoms with Crippen LogP contribution in [0.3, 0.4) is 0 Å². The molecule has 0 bridgehead atoms. The van der Waals surface area contributed by atoms with E-state index in [9.17, 15) is 32.5 Å². The Kier molecular flexibility index (Phi) is 5.18. The van der Waals surface area contributed by atoms with Crippen molar-refractivity contribution >= 4 is 34.7 Å². The number of nitro benzene ring substituents is 1. The third kappa shape index (κ3) is 4.19. The van der Waals surface area contributed by atoms with Crippen molar-refractivity contribution in [2.75, 3.05) is 11.1 Å². The number of rotatable bonds is 5. The van der Waals surface area contributed by atoms with Crippen molar-refractivity contribution in [2.45, 2.75) is 11.3 Å². The quantitative estimate of drug-likeness (QED) is 0.296. The Labute approximate surface area is 157 Å². The number of hydrogen-bond donors (Lipinski definition) is 1. The van der Waals surface area contributed by atoms with Crippen molar-refractivity contribution in [2.24, 2.45) is 0 Å². The lowest BCUT2D eigenvalue weighted by molar-refractivity contribution is -0.384. The van der Waals surface area contributed by atoms with Gasteiger partial charge in [0.25, 0.3) is 5.69 Å². The minimum absolute atomic E-state index is 0.0239. The number of hydrogen-bond acceptors (Lipinski definition) is 6. The minimum atomic E-state index is -4.56. The van der Waals surface area contributed by atoms with Gasteiger partial charge in [0.05, 0.1) is 21.9 Å². The van der Waals surface area contributed by atoms with Gasteiger partial charge < -0.3 is 5.32 Å². The molecule has 2 heterocycles. The van der Waals surface area contributed by atoms with Crippen LogP contribution in [0.5, 0.6) is 0 Å². The van der Waals surface area contributed by atoms with Gasteiger partial charge in [0.1, 0.15) is 5.82 Å². The Hall–Kier alpha value is -3.22. The molecule has 0 aliphatic heterocycles. The molecule has 3 rings (SSSR count). The molecule has 0 aliphatic rings. The Morgan fingerprint density at radius 3 is 2.68 bits per heavy atom. The van der Waals surface area contributed by atoms with Gasteiger partial charge in [-0.2, -0.15) is 13.2 Å².